The first-order valence-electron chi connectivity index (χ1n) is 9.09. The fourth-order valence-electron chi connectivity index (χ4n) is 3.57. The maximum atomic E-state index is 12.5. The molecule has 3 rings (SSSR count). The molecule has 2 aliphatic heterocycles. The minimum atomic E-state index is -0.483. The van der Waals surface area contributed by atoms with Crippen LogP contribution in [0.5, 0.6) is 0 Å². The van der Waals surface area contributed by atoms with Gasteiger partial charge in [-0.1, -0.05) is 30.3 Å². The first-order valence-corrected chi connectivity index (χ1v) is 9.09. The molecule has 0 radical (unpaired) electrons. The number of hydrogen-bond donors (Lipinski definition) is 0. The first kappa shape index (κ1) is 18.2. The standard InChI is InChI=1S/C20H29NO4/c1-19(2,3)25-18(22)21-11-9-20(10-12-23-15-20)17(13-21)24-14-16-7-5-4-6-8-16/h4-8,17H,9-15H2,1-3H3/t17-,20+/m0/s1. The molecule has 5 heteroatoms. The highest BCUT2D eigenvalue weighted by atomic mass is 16.6. The van der Waals surface area contributed by atoms with Crippen LogP contribution in [0.25, 0.3) is 0 Å². The highest BCUT2D eigenvalue weighted by molar-refractivity contribution is 5.68. The van der Waals surface area contributed by atoms with Crippen molar-refractivity contribution < 1.29 is 19.0 Å². The van der Waals surface area contributed by atoms with E-state index in [1.807, 2.05) is 39.0 Å². The number of rotatable bonds is 3. The van der Waals surface area contributed by atoms with Gasteiger partial charge in [0.25, 0.3) is 0 Å². The average Bonchev–Trinajstić information content (AvgIpc) is 3.03. The van der Waals surface area contributed by atoms with E-state index in [1.165, 1.54) is 0 Å². The van der Waals surface area contributed by atoms with Crippen molar-refractivity contribution in [3.8, 4) is 0 Å². The number of likely N-dealkylation sites (tertiary alicyclic amines) is 1. The van der Waals surface area contributed by atoms with E-state index in [4.69, 9.17) is 14.2 Å². The smallest absolute Gasteiger partial charge is 0.410 e. The van der Waals surface area contributed by atoms with Gasteiger partial charge in [-0.25, -0.2) is 4.79 Å². The Kier molecular flexibility index (Phi) is 5.35. The Labute approximate surface area is 150 Å². The molecule has 5 nitrogen and oxygen atoms in total. The Morgan fingerprint density at radius 1 is 1.28 bits per heavy atom. The van der Waals surface area contributed by atoms with Crippen molar-refractivity contribution in [1.82, 2.24) is 4.90 Å². The molecule has 2 saturated heterocycles. The summed E-state index contributed by atoms with van der Waals surface area (Å²) in [5, 5.41) is 0. The Bertz CT molecular complexity index is 575. The van der Waals surface area contributed by atoms with Gasteiger partial charge < -0.3 is 19.1 Å². The molecule has 2 atom stereocenters. The van der Waals surface area contributed by atoms with Gasteiger partial charge >= 0.3 is 6.09 Å². The van der Waals surface area contributed by atoms with Crippen LogP contribution in [0.4, 0.5) is 4.79 Å². The number of amides is 1. The van der Waals surface area contributed by atoms with Gasteiger partial charge in [-0.05, 0) is 39.2 Å². The summed E-state index contributed by atoms with van der Waals surface area (Å²) in [6.45, 7) is 8.98. The van der Waals surface area contributed by atoms with Crippen LogP contribution in [-0.4, -0.2) is 49.0 Å². The SMILES string of the molecule is CC(C)(C)OC(=O)N1CC[C@]2(CCOC2)[C@@H](OCc2ccccc2)C1. The second-order valence-corrected chi connectivity index (χ2v) is 8.13. The molecule has 0 saturated carbocycles. The van der Waals surface area contributed by atoms with Gasteiger partial charge in [-0.15, -0.1) is 0 Å². The monoisotopic (exact) mass is 347 g/mol. The second-order valence-electron chi connectivity index (χ2n) is 8.13. The molecule has 0 aromatic heterocycles. The van der Waals surface area contributed by atoms with Gasteiger partial charge in [0.2, 0.25) is 0 Å². The highest BCUT2D eigenvalue weighted by Crippen LogP contribution is 2.41. The van der Waals surface area contributed by atoms with Crippen LogP contribution in [0.1, 0.15) is 39.2 Å². The number of ether oxygens (including phenoxy) is 3. The predicted octanol–water partition coefficient (Wildman–Crippen LogP) is 3.62. The summed E-state index contributed by atoms with van der Waals surface area (Å²) >= 11 is 0. The van der Waals surface area contributed by atoms with E-state index in [-0.39, 0.29) is 17.6 Å². The number of piperidine rings is 1. The largest absolute Gasteiger partial charge is 0.444 e. The van der Waals surface area contributed by atoms with Crippen LogP contribution < -0.4 is 0 Å². The summed E-state index contributed by atoms with van der Waals surface area (Å²) in [6, 6.07) is 10.2. The van der Waals surface area contributed by atoms with Gasteiger partial charge in [-0.2, -0.15) is 0 Å². The normalized spacial score (nSPS) is 26.8. The van der Waals surface area contributed by atoms with Crippen LogP contribution in [-0.2, 0) is 20.8 Å². The van der Waals surface area contributed by atoms with Gasteiger partial charge in [0.15, 0.2) is 0 Å². The third-order valence-electron chi connectivity index (χ3n) is 5.03. The van der Waals surface area contributed by atoms with Crippen LogP contribution >= 0.6 is 0 Å². The van der Waals surface area contributed by atoms with Crippen molar-refractivity contribution in [1.29, 1.82) is 0 Å². The van der Waals surface area contributed by atoms with Gasteiger partial charge in [0.1, 0.15) is 5.60 Å². The van der Waals surface area contributed by atoms with E-state index >= 15 is 0 Å². The molecule has 0 unspecified atom stereocenters. The molecule has 1 spiro atoms. The summed E-state index contributed by atoms with van der Waals surface area (Å²) in [5.41, 5.74) is 0.682. The summed E-state index contributed by atoms with van der Waals surface area (Å²) < 4.78 is 17.5. The Morgan fingerprint density at radius 3 is 2.68 bits per heavy atom. The van der Waals surface area contributed by atoms with Crippen molar-refractivity contribution >= 4 is 6.09 Å². The van der Waals surface area contributed by atoms with Gasteiger partial charge in [-0.3, -0.25) is 0 Å². The zero-order valence-electron chi connectivity index (χ0n) is 15.5. The molecule has 1 aromatic carbocycles. The highest BCUT2D eigenvalue weighted by Gasteiger charge is 2.48. The molecule has 1 aromatic rings. The minimum Gasteiger partial charge on any atom is -0.444 e. The summed E-state index contributed by atoms with van der Waals surface area (Å²) in [4.78, 5) is 14.2. The van der Waals surface area contributed by atoms with Crippen LogP contribution in [0.3, 0.4) is 0 Å². The molecule has 1 amide bonds. The lowest BCUT2D eigenvalue weighted by molar-refractivity contribution is -0.0987. The molecule has 25 heavy (non-hydrogen) atoms. The molecular formula is C20H29NO4. The molecule has 138 valence electrons. The average molecular weight is 347 g/mol. The van der Waals surface area contributed by atoms with Crippen molar-refractivity contribution in [2.24, 2.45) is 5.41 Å². The van der Waals surface area contributed by atoms with Crippen molar-refractivity contribution in [2.75, 3.05) is 26.3 Å². The molecule has 2 aliphatic rings. The Balaban J connectivity index is 1.67. The topological polar surface area (TPSA) is 48.0 Å². The fourth-order valence-corrected chi connectivity index (χ4v) is 3.57. The van der Waals surface area contributed by atoms with E-state index in [0.29, 0.717) is 26.3 Å². The van der Waals surface area contributed by atoms with Gasteiger partial charge in [0.05, 0.1) is 25.9 Å². The molecule has 0 N–H and O–H groups in total. The fraction of sp³-hybridized carbons (Fsp3) is 0.650. The van der Waals surface area contributed by atoms with Crippen LogP contribution in [0, 0.1) is 5.41 Å². The lowest BCUT2D eigenvalue weighted by Gasteiger charge is -2.44. The molecule has 0 bridgehead atoms. The third-order valence-corrected chi connectivity index (χ3v) is 5.03. The zero-order valence-corrected chi connectivity index (χ0v) is 15.5. The van der Waals surface area contributed by atoms with Crippen molar-refractivity contribution in [3.63, 3.8) is 0 Å². The van der Waals surface area contributed by atoms with E-state index in [2.05, 4.69) is 12.1 Å². The second kappa shape index (κ2) is 7.34. The third kappa shape index (κ3) is 4.53. The van der Waals surface area contributed by atoms with E-state index in [9.17, 15) is 4.79 Å². The summed E-state index contributed by atoms with van der Waals surface area (Å²) in [6.07, 6.45) is 1.60. The number of hydrogen-bond acceptors (Lipinski definition) is 4. The lowest BCUT2D eigenvalue weighted by atomic mass is 9.75. The van der Waals surface area contributed by atoms with E-state index in [1.54, 1.807) is 4.90 Å². The summed E-state index contributed by atoms with van der Waals surface area (Å²) in [7, 11) is 0. The van der Waals surface area contributed by atoms with Crippen LogP contribution in [0.2, 0.25) is 0 Å². The number of nitrogens with zero attached hydrogens (tertiary/aromatic N) is 1. The molecule has 2 heterocycles. The Morgan fingerprint density at radius 2 is 2.04 bits per heavy atom. The molecular weight excluding hydrogens is 318 g/mol. The minimum absolute atomic E-state index is 0.0211. The zero-order chi connectivity index (χ0) is 17.9. The lowest BCUT2D eigenvalue weighted by Crippen LogP contribution is -2.54. The van der Waals surface area contributed by atoms with Crippen molar-refractivity contribution in [2.45, 2.75) is 51.9 Å². The number of carbonyl (C=O) groups is 1. The maximum Gasteiger partial charge on any atom is 0.410 e. The predicted molar refractivity (Wildman–Crippen MR) is 95.3 cm³/mol. The van der Waals surface area contributed by atoms with E-state index in [0.717, 1.165) is 25.0 Å². The quantitative estimate of drug-likeness (QED) is 0.838. The van der Waals surface area contributed by atoms with Gasteiger partial charge in [0, 0.05) is 18.6 Å². The summed E-state index contributed by atoms with van der Waals surface area (Å²) in [5.74, 6) is 0. The van der Waals surface area contributed by atoms with Crippen LogP contribution in [0.15, 0.2) is 30.3 Å². The molecule has 2 fully saturated rings. The van der Waals surface area contributed by atoms with Crippen molar-refractivity contribution in [3.05, 3.63) is 35.9 Å². The molecule has 0 aliphatic carbocycles. The Hall–Kier alpha value is -1.59. The number of benzene rings is 1. The maximum absolute atomic E-state index is 12.5. The number of carbonyl (C=O) groups excluding carboxylic acids is 1. The van der Waals surface area contributed by atoms with E-state index < -0.39 is 5.60 Å². The first-order chi connectivity index (χ1) is 11.9.